The summed E-state index contributed by atoms with van der Waals surface area (Å²) in [4.78, 5) is 12.5. The number of benzene rings is 1. The van der Waals surface area contributed by atoms with Crippen molar-refractivity contribution >= 4 is 22.7 Å². The number of hydrogen-bond acceptors (Lipinski definition) is 5. The zero-order chi connectivity index (χ0) is 13.8. The first-order valence-corrected chi connectivity index (χ1v) is 6.48. The molecule has 3 rings (SSSR count). The van der Waals surface area contributed by atoms with Gasteiger partial charge >= 0.3 is 0 Å². The van der Waals surface area contributed by atoms with Gasteiger partial charge in [0.2, 0.25) is 0 Å². The van der Waals surface area contributed by atoms with Crippen molar-refractivity contribution in [1.29, 1.82) is 0 Å². The summed E-state index contributed by atoms with van der Waals surface area (Å²) < 4.78 is 0. The molecule has 0 atom stereocenters. The van der Waals surface area contributed by atoms with Crippen molar-refractivity contribution in [3.8, 4) is 0 Å². The molecular formula is C15H15N5. The highest BCUT2D eigenvalue weighted by atomic mass is 15.0. The molecule has 3 N–H and O–H groups in total. The van der Waals surface area contributed by atoms with Gasteiger partial charge in [-0.05, 0) is 24.1 Å². The molecule has 0 aliphatic rings. The van der Waals surface area contributed by atoms with Crippen LogP contribution in [-0.2, 0) is 6.42 Å². The first kappa shape index (κ1) is 12.3. The van der Waals surface area contributed by atoms with Crippen LogP contribution in [0.4, 0.5) is 11.6 Å². The van der Waals surface area contributed by atoms with Crippen LogP contribution in [0.1, 0.15) is 5.56 Å². The van der Waals surface area contributed by atoms with E-state index in [0.29, 0.717) is 11.3 Å². The molecule has 0 spiro atoms. The Morgan fingerprint density at radius 2 is 1.85 bits per heavy atom. The van der Waals surface area contributed by atoms with Crippen molar-refractivity contribution in [2.45, 2.75) is 6.42 Å². The van der Waals surface area contributed by atoms with Gasteiger partial charge in [-0.2, -0.15) is 0 Å². The Balaban J connectivity index is 1.70. The van der Waals surface area contributed by atoms with Crippen LogP contribution in [0.3, 0.4) is 0 Å². The summed E-state index contributed by atoms with van der Waals surface area (Å²) in [5, 5.41) is 3.29. The molecule has 0 bridgehead atoms. The smallest absolute Gasteiger partial charge is 0.153 e. The number of hydrogen-bond donors (Lipinski definition) is 2. The molecule has 20 heavy (non-hydrogen) atoms. The molecule has 0 radical (unpaired) electrons. The van der Waals surface area contributed by atoms with Crippen molar-refractivity contribution in [1.82, 2.24) is 15.0 Å². The van der Waals surface area contributed by atoms with Gasteiger partial charge in [0.05, 0.1) is 5.52 Å². The third-order valence-corrected chi connectivity index (χ3v) is 3.07. The van der Waals surface area contributed by atoms with E-state index >= 15 is 0 Å². The van der Waals surface area contributed by atoms with Gasteiger partial charge in [0.25, 0.3) is 0 Å². The lowest BCUT2D eigenvalue weighted by atomic mass is 10.1. The lowest BCUT2D eigenvalue weighted by molar-refractivity contribution is 1.01. The van der Waals surface area contributed by atoms with Crippen LogP contribution in [0.5, 0.6) is 0 Å². The van der Waals surface area contributed by atoms with Crippen LogP contribution in [-0.4, -0.2) is 21.5 Å². The number of pyridine rings is 1. The van der Waals surface area contributed by atoms with Gasteiger partial charge in [0, 0.05) is 6.54 Å². The number of anilines is 2. The highest BCUT2D eigenvalue weighted by Crippen LogP contribution is 2.16. The van der Waals surface area contributed by atoms with Crippen LogP contribution >= 0.6 is 0 Å². The molecule has 3 aromatic rings. The van der Waals surface area contributed by atoms with E-state index in [1.165, 1.54) is 11.9 Å². The maximum absolute atomic E-state index is 5.80. The fourth-order valence-electron chi connectivity index (χ4n) is 2.04. The van der Waals surface area contributed by atoms with Crippen LogP contribution in [0.25, 0.3) is 11.0 Å². The molecule has 2 aromatic heterocycles. The Hall–Kier alpha value is -2.69. The van der Waals surface area contributed by atoms with E-state index in [1.807, 2.05) is 30.3 Å². The third kappa shape index (κ3) is 2.66. The number of rotatable bonds is 4. The highest BCUT2D eigenvalue weighted by Gasteiger charge is 2.03. The Morgan fingerprint density at radius 1 is 1.00 bits per heavy atom. The van der Waals surface area contributed by atoms with Gasteiger partial charge in [0.1, 0.15) is 17.7 Å². The quantitative estimate of drug-likeness (QED) is 0.756. The largest absolute Gasteiger partial charge is 0.382 e. The van der Waals surface area contributed by atoms with Gasteiger partial charge < -0.3 is 11.1 Å². The molecule has 0 fully saturated rings. The second kappa shape index (κ2) is 5.52. The van der Waals surface area contributed by atoms with Gasteiger partial charge in [-0.25, -0.2) is 15.0 Å². The number of nitrogens with two attached hydrogens (primary N) is 1. The summed E-state index contributed by atoms with van der Waals surface area (Å²) in [5.74, 6) is 1.19. The third-order valence-electron chi connectivity index (χ3n) is 3.07. The van der Waals surface area contributed by atoms with Crippen LogP contribution in [0.15, 0.2) is 48.8 Å². The normalized spacial score (nSPS) is 10.6. The van der Waals surface area contributed by atoms with E-state index in [9.17, 15) is 0 Å². The summed E-state index contributed by atoms with van der Waals surface area (Å²) >= 11 is 0. The van der Waals surface area contributed by atoms with Gasteiger partial charge in [-0.1, -0.05) is 30.3 Å². The van der Waals surface area contributed by atoms with Crippen molar-refractivity contribution in [2.24, 2.45) is 0 Å². The molecule has 100 valence electrons. The molecule has 0 amide bonds. The Bertz CT molecular complexity index is 712. The van der Waals surface area contributed by atoms with E-state index in [-0.39, 0.29) is 0 Å². The van der Waals surface area contributed by atoms with Crippen molar-refractivity contribution in [3.63, 3.8) is 0 Å². The Kier molecular flexibility index (Phi) is 3.41. The summed E-state index contributed by atoms with van der Waals surface area (Å²) in [7, 11) is 0. The SMILES string of the molecule is Nc1ncnc2ccc(NCCc3ccccc3)nc12. The fraction of sp³-hybridized carbons (Fsp3) is 0.133. The second-order valence-corrected chi connectivity index (χ2v) is 4.49. The fourth-order valence-corrected chi connectivity index (χ4v) is 2.04. The van der Waals surface area contributed by atoms with Crippen molar-refractivity contribution < 1.29 is 0 Å². The average molecular weight is 265 g/mol. The molecule has 0 unspecified atom stereocenters. The maximum Gasteiger partial charge on any atom is 0.153 e. The van der Waals surface area contributed by atoms with E-state index < -0.39 is 0 Å². The first-order valence-electron chi connectivity index (χ1n) is 6.48. The molecular weight excluding hydrogens is 250 g/mol. The number of aromatic nitrogens is 3. The topological polar surface area (TPSA) is 76.7 Å². The van der Waals surface area contributed by atoms with E-state index in [0.717, 1.165) is 24.3 Å². The molecule has 5 heteroatoms. The minimum atomic E-state index is 0.404. The highest BCUT2D eigenvalue weighted by molar-refractivity contribution is 5.84. The van der Waals surface area contributed by atoms with Crippen molar-refractivity contribution in [2.75, 3.05) is 17.6 Å². The number of nitrogens with one attached hydrogen (secondary N) is 1. The van der Waals surface area contributed by atoms with Crippen LogP contribution in [0.2, 0.25) is 0 Å². The Labute approximate surface area is 116 Å². The molecule has 1 aromatic carbocycles. The van der Waals surface area contributed by atoms with Gasteiger partial charge in [-0.3, -0.25) is 0 Å². The standard InChI is InChI=1S/C15H15N5/c16-15-14-12(18-10-19-15)6-7-13(20-14)17-9-8-11-4-2-1-3-5-11/h1-7,10H,8-9H2,(H,17,20)(H2,16,18,19). The predicted octanol–water partition coefficient (Wildman–Crippen LogP) is 2.26. The monoisotopic (exact) mass is 265 g/mol. The minimum Gasteiger partial charge on any atom is -0.382 e. The zero-order valence-corrected chi connectivity index (χ0v) is 11.0. The molecule has 2 heterocycles. The lowest BCUT2D eigenvalue weighted by Gasteiger charge is -2.07. The number of nitrogens with zero attached hydrogens (tertiary/aromatic N) is 3. The molecule has 0 aliphatic carbocycles. The minimum absolute atomic E-state index is 0.404. The summed E-state index contributed by atoms with van der Waals surface area (Å²) in [5.41, 5.74) is 8.49. The molecule has 5 nitrogen and oxygen atoms in total. The van der Waals surface area contributed by atoms with Gasteiger partial charge in [0.15, 0.2) is 5.82 Å². The molecule has 0 saturated carbocycles. The molecule has 0 saturated heterocycles. The summed E-state index contributed by atoms with van der Waals surface area (Å²) in [6, 6.07) is 14.1. The summed E-state index contributed by atoms with van der Waals surface area (Å²) in [6.45, 7) is 0.816. The first-order chi connectivity index (χ1) is 9.83. The lowest BCUT2D eigenvalue weighted by Crippen LogP contribution is -2.07. The van der Waals surface area contributed by atoms with Crippen LogP contribution < -0.4 is 11.1 Å². The predicted molar refractivity (Wildman–Crippen MR) is 80.4 cm³/mol. The summed E-state index contributed by atoms with van der Waals surface area (Å²) in [6.07, 6.45) is 2.39. The van der Waals surface area contributed by atoms with E-state index in [2.05, 4.69) is 32.4 Å². The maximum atomic E-state index is 5.80. The van der Waals surface area contributed by atoms with Crippen LogP contribution in [0, 0.1) is 0 Å². The molecule has 0 aliphatic heterocycles. The van der Waals surface area contributed by atoms with E-state index in [4.69, 9.17) is 5.73 Å². The van der Waals surface area contributed by atoms with Gasteiger partial charge in [-0.15, -0.1) is 0 Å². The average Bonchev–Trinajstić information content (AvgIpc) is 2.49. The number of nitrogen functional groups attached to an aromatic ring is 1. The second-order valence-electron chi connectivity index (χ2n) is 4.49. The Morgan fingerprint density at radius 3 is 2.70 bits per heavy atom. The number of fused-ring (bicyclic) bond motifs is 1. The van der Waals surface area contributed by atoms with E-state index in [1.54, 1.807) is 0 Å². The zero-order valence-electron chi connectivity index (χ0n) is 11.0. The van der Waals surface area contributed by atoms with Crippen molar-refractivity contribution in [3.05, 3.63) is 54.4 Å².